The lowest BCUT2D eigenvalue weighted by Gasteiger charge is -2.08. The van der Waals surface area contributed by atoms with Crippen LogP contribution in [-0.4, -0.2) is 11.2 Å². The summed E-state index contributed by atoms with van der Waals surface area (Å²) in [5, 5.41) is 14.7. The van der Waals surface area contributed by atoms with Crippen molar-refractivity contribution in [1.29, 1.82) is 0 Å². The molecule has 0 aliphatic rings. The monoisotopic (exact) mass is 278 g/mol. The first-order valence-electron chi connectivity index (χ1n) is 5.59. The summed E-state index contributed by atoms with van der Waals surface area (Å²) in [4.78, 5) is 11.7. The predicted molar refractivity (Wildman–Crippen MR) is 73.9 cm³/mol. The van der Waals surface area contributed by atoms with Crippen molar-refractivity contribution in [1.82, 2.24) is 0 Å². The van der Waals surface area contributed by atoms with Gasteiger partial charge in [0.2, 0.25) is 0 Å². The molecule has 0 spiro atoms. The molecule has 0 unspecified atom stereocenters. The minimum atomic E-state index is -0.364. The number of anilines is 2. The van der Waals surface area contributed by atoms with Crippen LogP contribution in [0.5, 0.6) is 0 Å². The average Bonchev–Trinajstić information content (AvgIpc) is 2.42. The number of para-hydroxylation sites is 1. The maximum Gasteiger partial charge on any atom is 0.323 e. The van der Waals surface area contributed by atoms with Crippen molar-refractivity contribution >= 4 is 34.7 Å². The molecule has 5 nitrogen and oxygen atoms in total. The van der Waals surface area contributed by atoms with Gasteiger partial charge in [0, 0.05) is 17.4 Å². The average molecular weight is 279 g/mol. The van der Waals surface area contributed by atoms with Gasteiger partial charge in [-0.25, -0.2) is 10.0 Å². The topological polar surface area (TPSA) is 78.0 Å². The fraction of sp³-hybridized carbons (Fsp3) is 0. The Hall–Kier alpha value is -2.08. The van der Waals surface area contributed by atoms with Crippen LogP contribution < -0.4 is 16.1 Å². The highest BCUT2D eigenvalue weighted by atomic mass is 35.5. The number of carbonyl (C=O) groups is 1. The second-order valence-corrected chi connectivity index (χ2v) is 4.22. The third-order valence-electron chi connectivity index (χ3n) is 2.42. The molecule has 0 bridgehead atoms. The third-order valence-corrected chi connectivity index (χ3v) is 2.77. The van der Waals surface area contributed by atoms with Gasteiger partial charge in [0.15, 0.2) is 5.69 Å². The minimum Gasteiger partial charge on any atom is -0.308 e. The Kier molecular flexibility index (Phi) is 4.35. The molecule has 0 saturated heterocycles. The molecule has 19 heavy (non-hydrogen) atoms. The molecule has 0 fully saturated rings. The zero-order valence-electron chi connectivity index (χ0n) is 9.93. The van der Waals surface area contributed by atoms with Crippen LogP contribution >= 0.6 is 11.6 Å². The van der Waals surface area contributed by atoms with Crippen LogP contribution in [0.3, 0.4) is 0 Å². The Bertz CT molecular complexity index is 575. The van der Waals surface area contributed by atoms with E-state index in [1.807, 2.05) is 18.2 Å². The Morgan fingerprint density at radius 1 is 1.05 bits per heavy atom. The Morgan fingerprint density at radius 3 is 2.42 bits per heavy atom. The summed E-state index contributed by atoms with van der Waals surface area (Å²) in [7, 11) is 0. The van der Waals surface area contributed by atoms with E-state index in [1.54, 1.807) is 30.3 Å². The Morgan fingerprint density at radius 2 is 1.74 bits per heavy atom. The molecule has 2 amide bonds. The highest BCUT2D eigenvalue weighted by molar-refractivity contribution is 6.32. The van der Waals surface area contributed by atoms with Gasteiger partial charge in [-0.1, -0.05) is 29.8 Å². The predicted octanol–water partition coefficient (Wildman–Crippen LogP) is 2.57. The van der Waals surface area contributed by atoms with Gasteiger partial charge in [-0.05, 0) is 24.3 Å². The highest BCUT2D eigenvalue weighted by Gasteiger charge is 2.07. The first-order valence-corrected chi connectivity index (χ1v) is 5.97. The fourth-order valence-corrected chi connectivity index (χ4v) is 1.70. The number of hydrogen-bond donors (Lipinski definition) is 4. The molecule has 0 atom stereocenters. The van der Waals surface area contributed by atoms with E-state index in [9.17, 15) is 4.79 Å². The van der Waals surface area contributed by atoms with Gasteiger partial charge in [-0.2, -0.15) is 5.48 Å². The molecular weight excluding hydrogens is 266 g/mol. The summed E-state index contributed by atoms with van der Waals surface area (Å²) in [5.74, 6) is 0. The number of rotatable bonds is 3. The normalized spacial score (nSPS) is 10.0. The van der Waals surface area contributed by atoms with Gasteiger partial charge in [0.05, 0.1) is 0 Å². The van der Waals surface area contributed by atoms with E-state index in [0.29, 0.717) is 22.1 Å². The molecule has 5 N–H and O–H groups in total. The van der Waals surface area contributed by atoms with Crippen LogP contribution in [0.2, 0.25) is 5.02 Å². The first kappa shape index (κ1) is 13.4. The number of halogens is 1. The number of nitrogens with one attached hydrogen (secondary N) is 2. The fourth-order valence-electron chi connectivity index (χ4n) is 1.54. The van der Waals surface area contributed by atoms with Gasteiger partial charge < -0.3 is 10.6 Å². The maximum atomic E-state index is 11.7. The number of carbonyl (C=O) groups excluding carboxylic acids is 1. The zero-order valence-corrected chi connectivity index (χ0v) is 10.7. The minimum absolute atomic E-state index is 0.364. The number of urea groups is 1. The van der Waals surface area contributed by atoms with Gasteiger partial charge in [-0.3, -0.25) is 0 Å². The number of quaternary nitrogens is 1. The zero-order chi connectivity index (χ0) is 13.7. The molecule has 0 saturated carbocycles. The summed E-state index contributed by atoms with van der Waals surface area (Å²) >= 11 is 5.84. The van der Waals surface area contributed by atoms with Crippen LogP contribution in [0.15, 0.2) is 48.5 Å². The van der Waals surface area contributed by atoms with Crippen LogP contribution in [-0.2, 0) is 0 Å². The largest absolute Gasteiger partial charge is 0.323 e. The molecular formula is C13H13ClN3O2+. The molecule has 0 aliphatic heterocycles. The van der Waals surface area contributed by atoms with E-state index in [1.165, 1.54) is 0 Å². The van der Waals surface area contributed by atoms with Crippen LogP contribution in [0, 0.1) is 0 Å². The van der Waals surface area contributed by atoms with Crippen molar-refractivity contribution in [3.8, 4) is 0 Å². The lowest BCUT2D eigenvalue weighted by molar-refractivity contribution is -0.825. The third kappa shape index (κ3) is 3.69. The summed E-state index contributed by atoms with van der Waals surface area (Å²) in [6.45, 7) is 0. The van der Waals surface area contributed by atoms with Gasteiger partial charge in [-0.15, -0.1) is 0 Å². The molecule has 2 rings (SSSR count). The molecule has 0 heterocycles. The van der Waals surface area contributed by atoms with E-state index in [-0.39, 0.29) is 6.03 Å². The van der Waals surface area contributed by atoms with E-state index in [0.717, 1.165) is 5.48 Å². The SMILES string of the molecule is O=C(Nc1ccccc1)Nc1ccc(Cl)c([NH2+]O)c1. The lowest BCUT2D eigenvalue weighted by Crippen LogP contribution is -2.73. The molecule has 0 radical (unpaired) electrons. The molecule has 2 aromatic carbocycles. The Balaban J connectivity index is 2.03. The number of benzene rings is 2. The molecule has 98 valence electrons. The number of amides is 2. The smallest absolute Gasteiger partial charge is 0.308 e. The maximum absolute atomic E-state index is 11.7. The molecule has 6 heteroatoms. The van der Waals surface area contributed by atoms with E-state index < -0.39 is 0 Å². The highest BCUT2D eigenvalue weighted by Crippen LogP contribution is 2.21. The molecule has 2 aromatic rings. The lowest BCUT2D eigenvalue weighted by atomic mass is 10.3. The molecule has 0 aliphatic carbocycles. The van der Waals surface area contributed by atoms with E-state index in [4.69, 9.17) is 16.8 Å². The quantitative estimate of drug-likeness (QED) is 0.514. The standard InChI is InChI=1S/C13H12ClN3O2/c14-11-7-6-10(8-12(11)17-19)16-13(18)15-9-4-2-1-3-5-9/h1-8,17,19H,(H2,15,16,18)/p+1. The summed E-state index contributed by atoms with van der Waals surface area (Å²) in [6, 6.07) is 13.6. The van der Waals surface area contributed by atoms with Crippen molar-refractivity contribution < 1.29 is 15.5 Å². The van der Waals surface area contributed by atoms with Crippen LogP contribution in [0.1, 0.15) is 0 Å². The van der Waals surface area contributed by atoms with Gasteiger partial charge in [0.1, 0.15) is 5.02 Å². The van der Waals surface area contributed by atoms with Crippen molar-refractivity contribution in [2.75, 3.05) is 10.6 Å². The van der Waals surface area contributed by atoms with Crippen molar-refractivity contribution in [2.24, 2.45) is 0 Å². The number of nitrogens with two attached hydrogens (primary N) is 1. The van der Waals surface area contributed by atoms with Crippen molar-refractivity contribution in [2.45, 2.75) is 0 Å². The van der Waals surface area contributed by atoms with Gasteiger partial charge >= 0.3 is 6.03 Å². The summed E-state index contributed by atoms with van der Waals surface area (Å²) in [5.41, 5.74) is 2.57. The summed E-state index contributed by atoms with van der Waals surface area (Å²) < 4.78 is 0. The van der Waals surface area contributed by atoms with Crippen molar-refractivity contribution in [3.05, 3.63) is 53.6 Å². The van der Waals surface area contributed by atoms with Crippen LogP contribution in [0.25, 0.3) is 0 Å². The van der Waals surface area contributed by atoms with Crippen LogP contribution in [0.4, 0.5) is 21.9 Å². The van der Waals surface area contributed by atoms with E-state index in [2.05, 4.69) is 10.6 Å². The molecule has 0 aromatic heterocycles. The Labute approximate surface area is 115 Å². The van der Waals surface area contributed by atoms with E-state index >= 15 is 0 Å². The second kappa shape index (κ2) is 6.19. The van der Waals surface area contributed by atoms with Crippen molar-refractivity contribution in [3.63, 3.8) is 0 Å². The first-order chi connectivity index (χ1) is 9.19. The number of hydrogen-bond acceptors (Lipinski definition) is 2. The summed E-state index contributed by atoms with van der Waals surface area (Å²) in [6.07, 6.45) is 0. The van der Waals surface area contributed by atoms with Gasteiger partial charge in [0.25, 0.3) is 0 Å². The second-order valence-electron chi connectivity index (χ2n) is 3.81.